The Labute approximate surface area is 154 Å². The smallest absolute Gasteiger partial charge is 0.293 e. The lowest BCUT2D eigenvalue weighted by Crippen LogP contribution is -2.28. The number of hydrogen-bond donors (Lipinski definition) is 0. The lowest BCUT2D eigenvalue weighted by molar-refractivity contribution is -0.123. The third-order valence-electron chi connectivity index (χ3n) is 3.88. The fourth-order valence-corrected chi connectivity index (χ4v) is 3.53. The molecule has 2 aromatic rings. The predicted octanol–water partition coefficient (Wildman–Crippen LogP) is 5.10. The van der Waals surface area contributed by atoms with Crippen LogP contribution in [0.1, 0.15) is 31.0 Å². The van der Waals surface area contributed by atoms with Crippen molar-refractivity contribution in [2.75, 3.05) is 0 Å². The van der Waals surface area contributed by atoms with Crippen molar-refractivity contribution >= 4 is 40.6 Å². The van der Waals surface area contributed by atoms with E-state index >= 15 is 0 Å². The molecule has 2 heterocycles. The van der Waals surface area contributed by atoms with Crippen molar-refractivity contribution in [2.45, 2.75) is 26.4 Å². The molecule has 0 radical (unpaired) electrons. The third kappa shape index (κ3) is 3.65. The molecule has 0 N–H and O–H groups in total. The van der Waals surface area contributed by atoms with Crippen molar-refractivity contribution < 1.29 is 14.0 Å². The van der Waals surface area contributed by atoms with Gasteiger partial charge in [-0.1, -0.05) is 17.7 Å². The van der Waals surface area contributed by atoms with Gasteiger partial charge in [-0.15, -0.1) is 0 Å². The summed E-state index contributed by atoms with van der Waals surface area (Å²) < 4.78 is 15.9. The summed E-state index contributed by atoms with van der Waals surface area (Å²) in [6, 6.07) is 6.45. The predicted molar refractivity (Wildman–Crippen MR) is 97.7 cm³/mol. The van der Waals surface area contributed by atoms with E-state index in [0.717, 1.165) is 22.2 Å². The second-order valence-corrected chi connectivity index (χ2v) is 7.35. The minimum Gasteiger partial charge on any atom is -0.351 e. The van der Waals surface area contributed by atoms with E-state index in [-0.39, 0.29) is 17.1 Å². The van der Waals surface area contributed by atoms with E-state index in [1.807, 2.05) is 23.0 Å². The molecule has 1 aliphatic rings. The second-order valence-electron chi connectivity index (χ2n) is 5.95. The Morgan fingerprint density at radius 2 is 2.04 bits per heavy atom. The molecule has 1 aliphatic heterocycles. The molecular formula is C18H16ClFN2O2S. The first kappa shape index (κ1) is 17.8. The highest BCUT2D eigenvalue weighted by Crippen LogP contribution is 2.34. The highest BCUT2D eigenvalue weighted by Gasteiger charge is 2.35. The van der Waals surface area contributed by atoms with Gasteiger partial charge in [-0.3, -0.25) is 14.5 Å². The van der Waals surface area contributed by atoms with E-state index in [4.69, 9.17) is 11.6 Å². The quantitative estimate of drug-likeness (QED) is 0.695. The maximum Gasteiger partial charge on any atom is 0.293 e. The molecule has 1 saturated heterocycles. The van der Waals surface area contributed by atoms with Gasteiger partial charge in [-0.05, 0) is 55.4 Å². The van der Waals surface area contributed by atoms with Gasteiger partial charge in [-0.2, -0.15) is 0 Å². The summed E-state index contributed by atoms with van der Waals surface area (Å²) in [6.45, 7) is 3.92. The molecule has 1 aromatic heterocycles. The molecule has 0 saturated carbocycles. The molecule has 1 fully saturated rings. The Hall–Kier alpha value is -2.05. The van der Waals surface area contributed by atoms with E-state index < -0.39 is 17.0 Å². The summed E-state index contributed by atoms with van der Waals surface area (Å²) in [6.07, 6.45) is 5.50. The highest BCUT2D eigenvalue weighted by atomic mass is 35.5. The van der Waals surface area contributed by atoms with E-state index in [2.05, 4.69) is 13.8 Å². The van der Waals surface area contributed by atoms with Crippen LogP contribution in [0.2, 0.25) is 5.02 Å². The molecule has 0 atom stereocenters. The van der Waals surface area contributed by atoms with Gasteiger partial charge in [0.15, 0.2) is 0 Å². The molecule has 0 spiro atoms. The van der Waals surface area contributed by atoms with Crippen molar-refractivity contribution in [3.8, 4) is 0 Å². The number of rotatable bonds is 4. The largest absolute Gasteiger partial charge is 0.351 e. The fourth-order valence-electron chi connectivity index (χ4n) is 2.47. The molecule has 0 unspecified atom stereocenters. The van der Waals surface area contributed by atoms with Gasteiger partial charge in [0, 0.05) is 29.0 Å². The van der Waals surface area contributed by atoms with Crippen molar-refractivity contribution in [3.63, 3.8) is 0 Å². The first-order chi connectivity index (χ1) is 11.9. The van der Waals surface area contributed by atoms with Gasteiger partial charge in [0.25, 0.3) is 11.1 Å². The van der Waals surface area contributed by atoms with E-state index in [9.17, 15) is 14.0 Å². The van der Waals surface area contributed by atoms with E-state index in [1.165, 1.54) is 18.2 Å². The van der Waals surface area contributed by atoms with Crippen LogP contribution in [0, 0.1) is 5.82 Å². The van der Waals surface area contributed by atoms with Crippen molar-refractivity contribution in [2.24, 2.45) is 0 Å². The van der Waals surface area contributed by atoms with Gasteiger partial charge in [0.2, 0.25) is 0 Å². The number of imide groups is 1. The van der Waals surface area contributed by atoms with Crippen molar-refractivity contribution in [3.05, 3.63) is 63.5 Å². The molecule has 2 amide bonds. The second kappa shape index (κ2) is 7.06. The van der Waals surface area contributed by atoms with Crippen LogP contribution in [0.15, 0.2) is 41.6 Å². The van der Waals surface area contributed by atoms with Crippen LogP contribution in [0.25, 0.3) is 6.08 Å². The van der Waals surface area contributed by atoms with Crippen molar-refractivity contribution in [1.29, 1.82) is 0 Å². The molecule has 25 heavy (non-hydrogen) atoms. The molecule has 4 nitrogen and oxygen atoms in total. The first-order valence-corrected chi connectivity index (χ1v) is 8.92. The number of benzene rings is 1. The standard InChI is InChI=1S/C18H16ClFN2O2S/c1-11(2)21-7-6-12(9-21)8-16-17(23)22(18(24)25-16)10-13-14(19)4-3-5-15(13)20/h3-9,11H,10H2,1-2H3/b16-8+. The SMILES string of the molecule is CC(C)n1ccc(/C=C2/SC(=O)N(Cc3c(F)cccc3Cl)C2=O)c1. The van der Waals surface area contributed by atoms with Crippen LogP contribution in [0.4, 0.5) is 9.18 Å². The first-order valence-electron chi connectivity index (χ1n) is 7.72. The monoisotopic (exact) mass is 378 g/mol. The summed E-state index contributed by atoms with van der Waals surface area (Å²) in [5.41, 5.74) is 0.974. The van der Waals surface area contributed by atoms with Crippen LogP contribution in [0.5, 0.6) is 0 Å². The zero-order valence-electron chi connectivity index (χ0n) is 13.7. The minimum absolute atomic E-state index is 0.138. The van der Waals surface area contributed by atoms with E-state index in [0.29, 0.717) is 10.9 Å². The summed E-state index contributed by atoms with van der Waals surface area (Å²) in [5.74, 6) is -0.976. The number of thioether (sulfide) groups is 1. The topological polar surface area (TPSA) is 42.3 Å². The van der Waals surface area contributed by atoms with E-state index in [1.54, 1.807) is 6.08 Å². The maximum absolute atomic E-state index is 13.9. The molecule has 1 aromatic carbocycles. The molecule has 3 rings (SSSR count). The summed E-state index contributed by atoms with van der Waals surface area (Å²) in [4.78, 5) is 26.0. The van der Waals surface area contributed by atoms with Crippen LogP contribution >= 0.6 is 23.4 Å². The number of amides is 2. The summed E-state index contributed by atoms with van der Waals surface area (Å²) in [5, 5.41) is -0.240. The van der Waals surface area contributed by atoms with Gasteiger partial charge in [0.05, 0.1) is 11.4 Å². The Bertz CT molecular complexity index is 855. The number of carbonyl (C=O) groups is 2. The number of carbonyl (C=O) groups excluding carboxylic acids is 2. The lowest BCUT2D eigenvalue weighted by atomic mass is 10.2. The van der Waals surface area contributed by atoms with Crippen LogP contribution < -0.4 is 0 Å². The zero-order valence-corrected chi connectivity index (χ0v) is 15.3. The molecular weight excluding hydrogens is 363 g/mol. The van der Waals surface area contributed by atoms with Gasteiger partial charge in [0.1, 0.15) is 5.82 Å². The Morgan fingerprint density at radius 3 is 2.68 bits per heavy atom. The Kier molecular flexibility index (Phi) is 5.01. The molecule has 0 aliphatic carbocycles. The van der Waals surface area contributed by atoms with Crippen LogP contribution in [0.3, 0.4) is 0 Å². The number of aromatic nitrogens is 1. The number of nitrogens with zero attached hydrogens (tertiary/aromatic N) is 2. The Morgan fingerprint density at radius 1 is 1.28 bits per heavy atom. The number of hydrogen-bond acceptors (Lipinski definition) is 3. The van der Waals surface area contributed by atoms with Crippen LogP contribution in [-0.2, 0) is 11.3 Å². The average Bonchev–Trinajstić information content (AvgIpc) is 3.11. The Balaban J connectivity index is 1.83. The van der Waals surface area contributed by atoms with Gasteiger partial charge < -0.3 is 4.57 Å². The molecule has 7 heteroatoms. The summed E-state index contributed by atoms with van der Waals surface area (Å²) >= 11 is 6.84. The maximum atomic E-state index is 13.9. The number of halogens is 2. The minimum atomic E-state index is -0.537. The molecule has 0 bridgehead atoms. The average molecular weight is 379 g/mol. The lowest BCUT2D eigenvalue weighted by Gasteiger charge is -2.14. The third-order valence-corrected chi connectivity index (χ3v) is 5.14. The normalized spacial score (nSPS) is 16.5. The highest BCUT2D eigenvalue weighted by molar-refractivity contribution is 8.18. The van der Waals surface area contributed by atoms with Crippen molar-refractivity contribution in [1.82, 2.24) is 9.47 Å². The summed E-state index contributed by atoms with van der Waals surface area (Å²) in [7, 11) is 0. The molecule has 130 valence electrons. The van der Waals surface area contributed by atoms with Gasteiger partial charge >= 0.3 is 0 Å². The fraction of sp³-hybridized carbons (Fsp3) is 0.222. The van der Waals surface area contributed by atoms with Crippen LogP contribution in [-0.4, -0.2) is 20.6 Å². The zero-order chi connectivity index (χ0) is 18.1. The van der Waals surface area contributed by atoms with Gasteiger partial charge in [-0.25, -0.2) is 4.39 Å².